The Hall–Kier alpha value is -1.14. The molecule has 0 aliphatic heterocycles. The summed E-state index contributed by atoms with van der Waals surface area (Å²) in [5.74, 6) is 0.583. The van der Waals surface area contributed by atoms with Crippen LogP contribution in [0.15, 0.2) is 5.38 Å². The van der Waals surface area contributed by atoms with Crippen molar-refractivity contribution < 1.29 is 0 Å². The van der Waals surface area contributed by atoms with Crippen LogP contribution in [0.25, 0.3) is 10.6 Å². The molecule has 0 fully saturated rings. The highest BCUT2D eigenvalue weighted by atomic mass is 32.1. The molecule has 0 amide bonds. The van der Waals surface area contributed by atoms with Crippen molar-refractivity contribution in [2.45, 2.75) is 33.2 Å². The number of anilines is 2. The molecule has 2 N–H and O–H groups in total. The second-order valence-electron chi connectivity index (χ2n) is 4.41. The number of aryl methyl sites for hydroxylation is 1. The highest BCUT2D eigenvalue weighted by molar-refractivity contribution is 7.15. The Bertz CT molecular complexity index is 532. The molecular formula is C12H18N4S2. The molecule has 2 aromatic heterocycles. The molecule has 0 saturated carbocycles. The third-order valence-electron chi connectivity index (χ3n) is 3.11. The van der Waals surface area contributed by atoms with Crippen molar-refractivity contribution in [1.82, 2.24) is 9.36 Å². The molecule has 0 spiro atoms. The summed E-state index contributed by atoms with van der Waals surface area (Å²) in [6, 6.07) is 0.463. The van der Waals surface area contributed by atoms with Gasteiger partial charge in [0.15, 0.2) is 0 Å². The highest BCUT2D eigenvalue weighted by Gasteiger charge is 2.21. The second kappa shape index (κ2) is 5.24. The Labute approximate surface area is 116 Å². The van der Waals surface area contributed by atoms with Gasteiger partial charge in [0, 0.05) is 24.2 Å². The van der Waals surface area contributed by atoms with E-state index in [0.29, 0.717) is 11.9 Å². The fourth-order valence-electron chi connectivity index (χ4n) is 1.68. The van der Waals surface area contributed by atoms with Gasteiger partial charge in [0.25, 0.3) is 0 Å². The molecule has 0 aromatic carbocycles. The molecule has 0 radical (unpaired) electrons. The van der Waals surface area contributed by atoms with E-state index in [9.17, 15) is 0 Å². The van der Waals surface area contributed by atoms with Gasteiger partial charge in [-0.3, -0.25) is 0 Å². The van der Waals surface area contributed by atoms with Crippen LogP contribution in [0.3, 0.4) is 0 Å². The first-order chi connectivity index (χ1) is 8.54. The summed E-state index contributed by atoms with van der Waals surface area (Å²) in [6.07, 6.45) is 1.09. The Balaban J connectivity index is 2.45. The molecular weight excluding hydrogens is 264 g/mol. The van der Waals surface area contributed by atoms with Gasteiger partial charge in [0.05, 0.1) is 5.56 Å². The lowest BCUT2D eigenvalue weighted by atomic mass is 10.2. The molecule has 1 atom stereocenters. The normalized spacial score (nSPS) is 12.7. The van der Waals surface area contributed by atoms with Crippen LogP contribution in [0.5, 0.6) is 0 Å². The number of nitrogen functional groups attached to an aromatic ring is 1. The summed E-state index contributed by atoms with van der Waals surface area (Å²) in [5.41, 5.74) is 8.01. The first kappa shape index (κ1) is 13.3. The topological polar surface area (TPSA) is 55.0 Å². The molecule has 18 heavy (non-hydrogen) atoms. The molecule has 6 heteroatoms. The number of nitrogens with two attached hydrogens (primary N) is 1. The summed E-state index contributed by atoms with van der Waals surface area (Å²) >= 11 is 3.07. The number of thiazole rings is 1. The van der Waals surface area contributed by atoms with Crippen molar-refractivity contribution in [3.8, 4) is 10.6 Å². The summed E-state index contributed by atoms with van der Waals surface area (Å²) < 4.78 is 4.28. The molecule has 0 bridgehead atoms. The van der Waals surface area contributed by atoms with Crippen molar-refractivity contribution in [1.29, 1.82) is 0 Å². The fourth-order valence-corrected chi connectivity index (χ4v) is 3.47. The second-order valence-corrected chi connectivity index (χ2v) is 6.02. The van der Waals surface area contributed by atoms with Crippen LogP contribution in [0.4, 0.5) is 10.8 Å². The van der Waals surface area contributed by atoms with E-state index in [0.717, 1.165) is 27.7 Å². The third-order valence-corrected chi connectivity index (χ3v) is 5.04. The van der Waals surface area contributed by atoms with Crippen LogP contribution >= 0.6 is 22.9 Å². The van der Waals surface area contributed by atoms with E-state index in [2.05, 4.69) is 35.2 Å². The van der Waals surface area contributed by atoms with Crippen LogP contribution in [0.1, 0.15) is 26.0 Å². The van der Waals surface area contributed by atoms with E-state index in [-0.39, 0.29) is 0 Å². The number of hydrogen-bond donors (Lipinski definition) is 1. The summed E-state index contributed by atoms with van der Waals surface area (Å²) in [5, 5.41) is 4.11. The van der Waals surface area contributed by atoms with Crippen LogP contribution in [0, 0.1) is 6.92 Å². The summed E-state index contributed by atoms with van der Waals surface area (Å²) in [6.45, 7) is 6.37. The van der Waals surface area contributed by atoms with Gasteiger partial charge in [-0.1, -0.05) is 6.92 Å². The molecule has 2 rings (SSSR count). The van der Waals surface area contributed by atoms with Crippen molar-refractivity contribution in [2.75, 3.05) is 17.7 Å². The van der Waals surface area contributed by atoms with Crippen molar-refractivity contribution in [3.63, 3.8) is 0 Å². The average Bonchev–Trinajstić information content (AvgIpc) is 2.93. The molecule has 2 heterocycles. The molecule has 0 aliphatic rings. The molecule has 2 aromatic rings. The number of hydrogen-bond acceptors (Lipinski definition) is 6. The van der Waals surface area contributed by atoms with Gasteiger partial charge in [-0.15, -0.1) is 11.3 Å². The average molecular weight is 282 g/mol. The minimum Gasteiger partial charge on any atom is -0.382 e. The smallest absolute Gasteiger partial charge is 0.149 e. The monoisotopic (exact) mass is 282 g/mol. The van der Waals surface area contributed by atoms with Gasteiger partial charge in [-0.2, -0.15) is 4.37 Å². The minimum atomic E-state index is 0.463. The van der Waals surface area contributed by atoms with Gasteiger partial charge < -0.3 is 10.6 Å². The van der Waals surface area contributed by atoms with E-state index >= 15 is 0 Å². The fraction of sp³-hybridized carbons (Fsp3) is 0.500. The lowest BCUT2D eigenvalue weighted by Crippen LogP contribution is -2.27. The quantitative estimate of drug-likeness (QED) is 0.934. The lowest BCUT2D eigenvalue weighted by molar-refractivity contribution is 0.668. The first-order valence-corrected chi connectivity index (χ1v) is 7.60. The van der Waals surface area contributed by atoms with Crippen LogP contribution in [-0.4, -0.2) is 22.4 Å². The molecule has 0 aliphatic carbocycles. The van der Waals surface area contributed by atoms with E-state index < -0.39 is 0 Å². The molecule has 4 nitrogen and oxygen atoms in total. The standard InChI is InChI=1S/C12H18N4S2/c1-5-8(3)16(4)12-9(10(13)15-18-12)11-14-7(2)6-17-11/h6,8H,5H2,1-4H3,(H2,13,15). The van der Waals surface area contributed by atoms with Crippen molar-refractivity contribution in [2.24, 2.45) is 0 Å². The zero-order valence-corrected chi connectivity index (χ0v) is 12.7. The largest absolute Gasteiger partial charge is 0.382 e. The Morgan fingerprint density at radius 1 is 1.50 bits per heavy atom. The number of aromatic nitrogens is 2. The Morgan fingerprint density at radius 3 is 2.78 bits per heavy atom. The number of nitrogens with zero attached hydrogens (tertiary/aromatic N) is 3. The zero-order valence-electron chi connectivity index (χ0n) is 11.1. The maximum atomic E-state index is 6.00. The number of rotatable bonds is 4. The van der Waals surface area contributed by atoms with Gasteiger partial charge in [-0.05, 0) is 31.8 Å². The van der Waals surface area contributed by atoms with Crippen molar-refractivity contribution in [3.05, 3.63) is 11.1 Å². The van der Waals surface area contributed by atoms with Gasteiger partial charge in [-0.25, -0.2) is 4.98 Å². The Kier molecular flexibility index (Phi) is 3.87. The zero-order chi connectivity index (χ0) is 13.3. The first-order valence-electron chi connectivity index (χ1n) is 5.95. The van der Waals surface area contributed by atoms with Gasteiger partial charge >= 0.3 is 0 Å². The molecule has 98 valence electrons. The van der Waals surface area contributed by atoms with Gasteiger partial charge in [0.1, 0.15) is 15.8 Å². The van der Waals surface area contributed by atoms with Crippen LogP contribution in [-0.2, 0) is 0 Å². The van der Waals surface area contributed by atoms with Crippen LogP contribution < -0.4 is 10.6 Å². The SMILES string of the molecule is CCC(C)N(C)c1snc(N)c1-c1nc(C)cs1. The highest BCUT2D eigenvalue weighted by Crippen LogP contribution is 2.40. The van der Waals surface area contributed by atoms with E-state index in [4.69, 9.17) is 5.73 Å². The maximum Gasteiger partial charge on any atom is 0.149 e. The predicted octanol–water partition coefficient (Wildman–Crippen LogP) is 3.39. The summed E-state index contributed by atoms with van der Waals surface area (Å²) in [4.78, 5) is 6.76. The van der Waals surface area contributed by atoms with E-state index in [1.807, 2.05) is 12.3 Å². The third kappa shape index (κ3) is 2.35. The molecule has 1 unspecified atom stereocenters. The van der Waals surface area contributed by atoms with E-state index in [1.165, 1.54) is 11.5 Å². The van der Waals surface area contributed by atoms with Gasteiger partial charge in [0.2, 0.25) is 0 Å². The molecule has 0 saturated heterocycles. The lowest BCUT2D eigenvalue weighted by Gasteiger charge is -2.24. The summed E-state index contributed by atoms with van der Waals surface area (Å²) in [7, 11) is 2.09. The van der Waals surface area contributed by atoms with Crippen molar-refractivity contribution >= 4 is 33.7 Å². The minimum absolute atomic E-state index is 0.463. The van der Waals surface area contributed by atoms with E-state index in [1.54, 1.807) is 11.3 Å². The predicted molar refractivity (Wildman–Crippen MR) is 80.5 cm³/mol. The Morgan fingerprint density at radius 2 is 2.22 bits per heavy atom. The maximum absolute atomic E-state index is 6.00. The van der Waals surface area contributed by atoms with Crippen LogP contribution in [0.2, 0.25) is 0 Å².